The average Bonchev–Trinajstić information content (AvgIpc) is 2.03. The van der Waals surface area contributed by atoms with Gasteiger partial charge in [0.25, 0.3) is 0 Å². The van der Waals surface area contributed by atoms with E-state index in [1.165, 1.54) is 0 Å². The second-order valence-electron chi connectivity index (χ2n) is 4.86. The first-order chi connectivity index (χ1) is 6.25. The molecule has 0 rings (SSSR count). The molecule has 0 fully saturated rings. The van der Waals surface area contributed by atoms with E-state index in [-0.39, 0.29) is 11.4 Å². The number of carbonyl (C=O) groups excluding carboxylic acids is 1. The van der Waals surface area contributed by atoms with Crippen molar-refractivity contribution in [2.24, 2.45) is 5.73 Å². The molecule has 1 amide bonds. The molecule has 3 nitrogen and oxygen atoms in total. The summed E-state index contributed by atoms with van der Waals surface area (Å²) < 4.78 is 0. The summed E-state index contributed by atoms with van der Waals surface area (Å²) in [6, 6.07) is 0. The molecule has 0 radical (unpaired) electrons. The SMILES string of the molecule is CCCC(C)(C)NC(=O)C(C)(N)CC. The Labute approximate surface area is 87.4 Å². The summed E-state index contributed by atoms with van der Waals surface area (Å²) in [5.74, 6) is -0.0570. The second kappa shape index (κ2) is 4.78. The van der Waals surface area contributed by atoms with Crippen LogP contribution in [-0.4, -0.2) is 17.0 Å². The van der Waals surface area contributed by atoms with Gasteiger partial charge in [-0.2, -0.15) is 0 Å². The van der Waals surface area contributed by atoms with Crippen LogP contribution in [0.4, 0.5) is 0 Å². The molecule has 0 aliphatic heterocycles. The molecular weight excluding hydrogens is 176 g/mol. The second-order valence-corrected chi connectivity index (χ2v) is 4.86. The van der Waals surface area contributed by atoms with E-state index in [0.717, 1.165) is 12.8 Å². The van der Waals surface area contributed by atoms with Gasteiger partial charge >= 0.3 is 0 Å². The van der Waals surface area contributed by atoms with Gasteiger partial charge in [-0.05, 0) is 33.6 Å². The first kappa shape index (κ1) is 13.4. The standard InChI is InChI=1S/C11H24N2O/c1-6-8-10(3,4)13-9(14)11(5,12)7-2/h6-8,12H2,1-5H3,(H,13,14). The minimum Gasteiger partial charge on any atom is -0.350 e. The van der Waals surface area contributed by atoms with Crippen molar-refractivity contribution < 1.29 is 4.79 Å². The van der Waals surface area contributed by atoms with Crippen LogP contribution in [0, 0.1) is 0 Å². The Morgan fingerprint density at radius 3 is 2.14 bits per heavy atom. The smallest absolute Gasteiger partial charge is 0.240 e. The van der Waals surface area contributed by atoms with Gasteiger partial charge in [0.05, 0.1) is 5.54 Å². The number of amides is 1. The highest BCUT2D eigenvalue weighted by atomic mass is 16.2. The summed E-state index contributed by atoms with van der Waals surface area (Å²) in [6.07, 6.45) is 2.68. The molecule has 0 spiro atoms. The van der Waals surface area contributed by atoms with Gasteiger partial charge in [-0.25, -0.2) is 0 Å². The fraction of sp³-hybridized carbons (Fsp3) is 0.909. The molecule has 0 bridgehead atoms. The maximum absolute atomic E-state index is 11.8. The predicted octanol–water partition coefficient (Wildman–Crippen LogP) is 1.81. The lowest BCUT2D eigenvalue weighted by Crippen LogP contribution is -2.56. The van der Waals surface area contributed by atoms with Gasteiger partial charge < -0.3 is 11.1 Å². The minimum atomic E-state index is -0.745. The Kier molecular flexibility index (Phi) is 4.59. The first-order valence-electron chi connectivity index (χ1n) is 5.36. The van der Waals surface area contributed by atoms with E-state index in [0.29, 0.717) is 6.42 Å². The van der Waals surface area contributed by atoms with E-state index in [1.54, 1.807) is 6.92 Å². The van der Waals surface area contributed by atoms with Crippen molar-refractivity contribution in [2.75, 3.05) is 0 Å². The van der Waals surface area contributed by atoms with Crippen LogP contribution in [0.25, 0.3) is 0 Å². The van der Waals surface area contributed by atoms with E-state index in [2.05, 4.69) is 12.2 Å². The molecule has 1 unspecified atom stereocenters. The molecule has 0 heterocycles. The largest absolute Gasteiger partial charge is 0.350 e. The predicted molar refractivity (Wildman–Crippen MR) is 60.0 cm³/mol. The topological polar surface area (TPSA) is 55.1 Å². The molecule has 0 aromatic rings. The molecule has 0 saturated heterocycles. The zero-order valence-electron chi connectivity index (χ0n) is 10.1. The fourth-order valence-electron chi connectivity index (χ4n) is 1.30. The molecule has 3 N–H and O–H groups in total. The van der Waals surface area contributed by atoms with Crippen LogP contribution in [0.2, 0.25) is 0 Å². The summed E-state index contributed by atoms with van der Waals surface area (Å²) in [7, 11) is 0. The highest BCUT2D eigenvalue weighted by Crippen LogP contribution is 2.13. The highest BCUT2D eigenvalue weighted by molar-refractivity contribution is 5.86. The molecule has 84 valence electrons. The first-order valence-corrected chi connectivity index (χ1v) is 5.36. The average molecular weight is 200 g/mol. The van der Waals surface area contributed by atoms with Crippen LogP contribution < -0.4 is 11.1 Å². The quantitative estimate of drug-likeness (QED) is 0.711. The maximum atomic E-state index is 11.8. The van der Waals surface area contributed by atoms with E-state index >= 15 is 0 Å². The molecule has 0 aromatic carbocycles. The van der Waals surface area contributed by atoms with Crippen molar-refractivity contribution in [3.63, 3.8) is 0 Å². The fourth-order valence-corrected chi connectivity index (χ4v) is 1.30. The Bertz CT molecular complexity index is 197. The molecule has 14 heavy (non-hydrogen) atoms. The summed E-state index contributed by atoms with van der Waals surface area (Å²) >= 11 is 0. The van der Waals surface area contributed by atoms with E-state index in [4.69, 9.17) is 5.73 Å². The van der Waals surface area contributed by atoms with Crippen molar-refractivity contribution in [1.82, 2.24) is 5.32 Å². The van der Waals surface area contributed by atoms with Gasteiger partial charge in [0.2, 0.25) is 5.91 Å². The number of nitrogens with two attached hydrogens (primary N) is 1. The van der Waals surface area contributed by atoms with Crippen molar-refractivity contribution in [2.45, 2.75) is 65.0 Å². The Morgan fingerprint density at radius 2 is 1.79 bits per heavy atom. The lowest BCUT2D eigenvalue weighted by atomic mass is 9.94. The van der Waals surface area contributed by atoms with Gasteiger partial charge in [0.1, 0.15) is 0 Å². The van der Waals surface area contributed by atoms with Crippen molar-refractivity contribution in [3.8, 4) is 0 Å². The number of rotatable bonds is 5. The summed E-state index contributed by atoms with van der Waals surface area (Å²) in [5, 5.41) is 2.98. The van der Waals surface area contributed by atoms with Crippen LogP contribution in [0.1, 0.15) is 53.9 Å². The number of carbonyl (C=O) groups is 1. The van der Waals surface area contributed by atoms with Crippen LogP contribution in [0.15, 0.2) is 0 Å². The van der Waals surface area contributed by atoms with Crippen molar-refractivity contribution in [1.29, 1.82) is 0 Å². The lowest BCUT2D eigenvalue weighted by molar-refractivity contribution is -0.127. The summed E-state index contributed by atoms with van der Waals surface area (Å²) in [6.45, 7) is 9.85. The van der Waals surface area contributed by atoms with Gasteiger partial charge in [-0.1, -0.05) is 20.3 Å². The zero-order chi connectivity index (χ0) is 11.4. The van der Waals surface area contributed by atoms with Gasteiger partial charge in [-0.15, -0.1) is 0 Å². The van der Waals surface area contributed by atoms with Crippen LogP contribution in [0.3, 0.4) is 0 Å². The highest BCUT2D eigenvalue weighted by Gasteiger charge is 2.30. The molecule has 0 aromatic heterocycles. The van der Waals surface area contributed by atoms with E-state index in [9.17, 15) is 4.79 Å². The third kappa shape index (κ3) is 4.09. The normalized spacial score (nSPS) is 16.1. The van der Waals surface area contributed by atoms with E-state index in [1.807, 2.05) is 20.8 Å². The van der Waals surface area contributed by atoms with Gasteiger partial charge in [-0.3, -0.25) is 4.79 Å². The Hall–Kier alpha value is -0.570. The number of hydrogen-bond acceptors (Lipinski definition) is 2. The third-order valence-corrected chi connectivity index (χ3v) is 2.58. The van der Waals surface area contributed by atoms with Crippen molar-refractivity contribution in [3.05, 3.63) is 0 Å². The van der Waals surface area contributed by atoms with Crippen LogP contribution in [-0.2, 0) is 4.79 Å². The number of hydrogen-bond donors (Lipinski definition) is 2. The third-order valence-electron chi connectivity index (χ3n) is 2.58. The van der Waals surface area contributed by atoms with Gasteiger partial charge in [0.15, 0.2) is 0 Å². The van der Waals surface area contributed by atoms with Crippen LogP contribution >= 0.6 is 0 Å². The molecule has 0 saturated carbocycles. The molecule has 3 heteroatoms. The van der Waals surface area contributed by atoms with Crippen molar-refractivity contribution >= 4 is 5.91 Å². The monoisotopic (exact) mass is 200 g/mol. The zero-order valence-corrected chi connectivity index (χ0v) is 10.1. The van der Waals surface area contributed by atoms with Crippen LogP contribution in [0.5, 0.6) is 0 Å². The molecular formula is C11H24N2O. The van der Waals surface area contributed by atoms with Gasteiger partial charge in [0, 0.05) is 5.54 Å². The summed E-state index contributed by atoms with van der Waals surface area (Å²) in [5.41, 5.74) is 4.95. The lowest BCUT2D eigenvalue weighted by Gasteiger charge is -2.31. The Morgan fingerprint density at radius 1 is 1.29 bits per heavy atom. The minimum absolute atomic E-state index is 0.0570. The molecule has 0 aliphatic carbocycles. The Balaban J connectivity index is 4.31. The summed E-state index contributed by atoms with van der Waals surface area (Å²) in [4.78, 5) is 11.8. The maximum Gasteiger partial charge on any atom is 0.240 e. The molecule has 1 atom stereocenters. The number of nitrogens with one attached hydrogen (secondary N) is 1. The molecule has 0 aliphatic rings. The van der Waals surface area contributed by atoms with E-state index < -0.39 is 5.54 Å².